The van der Waals surface area contributed by atoms with Crippen molar-refractivity contribution in [2.45, 2.75) is 134 Å². The van der Waals surface area contributed by atoms with Gasteiger partial charge >= 0.3 is 6.18 Å². The number of rotatable bonds is 15. The van der Waals surface area contributed by atoms with Gasteiger partial charge in [0.1, 0.15) is 29.6 Å². The van der Waals surface area contributed by atoms with Crippen LogP contribution >= 0.6 is 22.7 Å². The van der Waals surface area contributed by atoms with E-state index in [1.807, 2.05) is 26.2 Å². The van der Waals surface area contributed by atoms with Crippen LogP contribution in [-0.2, 0) is 71.3 Å². The van der Waals surface area contributed by atoms with Gasteiger partial charge in [-0.2, -0.15) is 13.2 Å². The summed E-state index contributed by atoms with van der Waals surface area (Å²) in [6.45, 7) is 9.76. The Kier molecular flexibility index (Phi) is 16.0. The summed E-state index contributed by atoms with van der Waals surface area (Å²) in [5.74, 6) is -5.04. The maximum atomic E-state index is 13.9. The van der Waals surface area contributed by atoms with Crippen LogP contribution in [0, 0.1) is 0 Å². The van der Waals surface area contributed by atoms with E-state index in [0.29, 0.717) is 53.8 Å². The second kappa shape index (κ2) is 22.0. The second-order valence-electron chi connectivity index (χ2n) is 19.9. The van der Waals surface area contributed by atoms with Crippen LogP contribution in [-0.4, -0.2) is 101 Å². The largest absolute Gasteiger partial charge is 0.402 e. The number of imide groups is 2. The third kappa shape index (κ3) is 11.9. The number of piperidine rings is 2. The van der Waals surface area contributed by atoms with E-state index in [-0.39, 0.29) is 79.0 Å². The molecule has 6 amide bonds. The van der Waals surface area contributed by atoms with Crippen LogP contribution in [0.3, 0.4) is 0 Å². The zero-order valence-electron chi connectivity index (χ0n) is 40.5. The van der Waals surface area contributed by atoms with Crippen LogP contribution in [0.5, 0.6) is 0 Å². The quantitative estimate of drug-likeness (QED) is 0.113. The van der Waals surface area contributed by atoms with Gasteiger partial charge in [0.15, 0.2) is 0 Å². The fourth-order valence-corrected chi connectivity index (χ4v) is 12.0. The molecule has 3 atom stereocenters. The van der Waals surface area contributed by atoms with Crippen LogP contribution in [0.15, 0.2) is 59.3 Å². The molecule has 7 heterocycles. The van der Waals surface area contributed by atoms with E-state index in [2.05, 4.69) is 39.8 Å². The molecule has 3 fully saturated rings. The van der Waals surface area contributed by atoms with E-state index in [1.54, 1.807) is 22.4 Å². The minimum Gasteiger partial charge on any atom is -0.378 e. The molecular formula is C53H58F3N5O9S2. The van der Waals surface area contributed by atoms with Crippen molar-refractivity contribution < 1.29 is 56.3 Å². The van der Waals surface area contributed by atoms with Gasteiger partial charge in [-0.25, -0.2) is 0 Å². The minimum absolute atomic E-state index is 0.0714. The SMILES string of the molecule is CC(C)(C)c1ccc(C(C(=O)CCc2scc3c2CN(C2CCC(=O)NC2=O)C3=O)C(F)(F)F)cc1.O=C(CCCc1ccc(N2CCOCC2)cc1)CCc1scc2c1CN(C1CCC(=O)NC1=O)C2=O. The van der Waals surface area contributed by atoms with E-state index in [4.69, 9.17) is 4.74 Å². The van der Waals surface area contributed by atoms with Gasteiger partial charge in [-0.1, -0.05) is 57.2 Å². The maximum Gasteiger partial charge on any atom is 0.402 e. The number of thiophene rings is 2. The number of Topliss-reactive ketones (excluding diaryl/α,β-unsaturated/α-hetero) is 2. The molecule has 4 aromatic rings. The van der Waals surface area contributed by atoms with Gasteiger partial charge < -0.3 is 19.4 Å². The number of nitrogens with zero attached hydrogens (tertiary/aromatic N) is 3. The Morgan fingerprint density at radius 1 is 0.694 bits per heavy atom. The van der Waals surface area contributed by atoms with Gasteiger partial charge in [0.25, 0.3) is 11.8 Å². The summed E-state index contributed by atoms with van der Waals surface area (Å²) in [5, 5.41) is 8.02. The third-order valence-electron chi connectivity index (χ3n) is 14.0. The fraction of sp³-hybridized carbons (Fsp3) is 0.472. The van der Waals surface area contributed by atoms with Crippen LogP contribution in [0.4, 0.5) is 18.9 Å². The lowest BCUT2D eigenvalue weighted by molar-refractivity contribution is -0.163. The number of amides is 6. The number of nitrogens with one attached hydrogen (secondary N) is 2. The highest BCUT2D eigenvalue weighted by molar-refractivity contribution is 7.10. The first-order valence-corrected chi connectivity index (χ1v) is 26.1. The molecule has 3 unspecified atom stereocenters. The smallest absolute Gasteiger partial charge is 0.378 e. The topological polar surface area (TPSA) is 180 Å². The first-order chi connectivity index (χ1) is 34.3. The average Bonchev–Trinajstić information content (AvgIpc) is 4.10. The Labute approximate surface area is 423 Å². The summed E-state index contributed by atoms with van der Waals surface area (Å²) in [6.07, 6.45) is -0.732. The zero-order valence-corrected chi connectivity index (χ0v) is 42.1. The van der Waals surface area contributed by atoms with Gasteiger partial charge in [-0.15, -0.1) is 22.7 Å². The number of carbonyl (C=O) groups is 8. The third-order valence-corrected chi connectivity index (χ3v) is 16.2. The molecule has 3 saturated heterocycles. The maximum absolute atomic E-state index is 13.9. The summed E-state index contributed by atoms with van der Waals surface area (Å²) < 4.78 is 47.2. The van der Waals surface area contributed by atoms with E-state index in [0.717, 1.165) is 55.1 Å². The predicted octanol–water partition coefficient (Wildman–Crippen LogP) is 7.52. The van der Waals surface area contributed by atoms with Gasteiger partial charge in [0.2, 0.25) is 23.6 Å². The molecule has 2 aromatic heterocycles. The van der Waals surface area contributed by atoms with Crippen molar-refractivity contribution in [3.8, 4) is 0 Å². The van der Waals surface area contributed by atoms with Crippen molar-refractivity contribution >= 4 is 75.4 Å². The number of benzene rings is 2. The van der Waals surface area contributed by atoms with E-state index in [1.165, 1.54) is 51.0 Å². The molecule has 2 aromatic carbocycles. The van der Waals surface area contributed by atoms with Gasteiger partial charge in [0, 0.05) is 84.5 Å². The molecule has 14 nitrogen and oxygen atoms in total. The number of halogens is 3. The lowest BCUT2D eigenvalue weighted by Crippen LogP contribution is -2.52. The summed E-state index contributed by atoms with van der Waals surface area (Å²) in [4.78, 5) is 105. The zero-order chi connectivity index (χ0) is 51.5. The van der Waals surface area contributed by atoms with Gasteiger partial charge in [-0.3, -0.25) is 49.0 Å². The molecule has 382 valence electrons. The second-order valence-corrected chi connectivity index (χ2v) is 21.8. The molecule has 5 aliphatic rings. The number of aryl methyl sites for hydroxylation is 3. The van der Waals surface area contributed by atoms with Gasteiger partial charge in [-0.05, 0) is 83.9 Å². The molecule has 2 N–H and O–H groups in total. The molecule has 0 bridgehead atoms. The summed E-state index contributed by atoms with van der Waals surface area (Å²) in [7, 11) is 0. The fourth-order valence-electron chi connectivity index (χ4n) is 9.90. The molecule has 9 rings (SSSR count). The Bertz CT molecular complexity index is 2740. The van der Waals surface area contributed by atoms with Crippen LogP contribution in [0.25, 0.3) is 0 Å². The number of anilines is 1. The van der Waals surface area contributed by atoms with E-state index >= 15 is 0 Å². The molecule has 72 heavy (non-hydrogen) atoms. The number of carbonyl (C=O) groups excluding carboxylic acids is 8. The number of ether oxygens (including phenoxy) is 1. The van der Waals surface area contributed by atoms with Crippen LogP contribution < -0.4 is 15.5 Å². The number of hydrogen-bond acceptors (Lipinski definition) is 12. The Morgan fingerprint density at radius 2 is 1.21 bits per heavy atom. The predicted molar refractivity (Wildman–Crippen MR) is 264 cm³/mol. The van der Waals surface area contributed by atoms with Crippen molar-refractivity contribution in [3.05, 3.63) is 108 Å². The number of hydrogen-bond donors (Lipinski definition) is 2. The molecule has 0 aliphatic carbocycles. The summed E-state index contributed by atoms with van der Waals surface area (Å²) in [5.41, 5.74) is 5.62. The number of fused-ring (bicyclic) bond motifs is 2. The summed E-state index contributed by atoms with van der Waals surface area (Å²) in [6, 6.07) is 13.2. The van der Waals surface area contributed by atoms with Gasteiger partial charge in [0.05, 0.1) is 24.3 Å². The number of morpholine rings is 1. The van der Waals surface area contributed by atoms with E-state index in [9.17, 15) is 51.5 Å². The Balaban J connectivity index is 0.000000193. The average molecular weight is 1030 g/mol. The van der Waals surface area contributed by atoms with Crippen molar-refractivity contribution in [3.63, 3.8) is 0 Å². The first kappa shape index (κ1) is 52.3. The normalized spacial score (nSPS) is 19.7. The van der Waals surface area contributed by atoms with Crippen molar-refractivity contribution in [2.75, 3.05) is 31.2 Å². The van der Waals surface area contributed by atoms with Crippen LogP contribution in [0.1, 0.15) is 136 Å². The monoisotopic (exact) mass is 1030 g/mol. The summed E-state index contributed by atoms with van der Waals surface area (Å²) >= 11 is 2.75. The molecule has 19 heteroatoms. The lowest BCUT2D eigenvalue weighted by Gasteiger charge is -2.29. The first-order valence-electron chi connectivity index (χ1n) is 24.4. The Hall–Kier alpha value is -6.05. The Morgan fingerprint density at radius 3 is 1.69 bits per heavy atom. The highest BCUT2D eigenvalue weighted by atomic mass is 32.1. The lowest BCUT2D eigenvalue weighted by atomic mass is 9.84. The number of ketones is 2. The number of alkyl halides is 3. The van der Waals surface area contributed by atoms with Crippen LogP contribution in [0.2, 0.25) is 0 Å². The highest BCUT2D eigenvalue weighted by Gasteiger charge is 2.46. The molecule has 0 radical (unpaired) electrons. The molecule has 0 spiro atoms. The van der Waals surface area contributed by atoms with Crippen molar-refractivity contribution in [1.29, 1.82) is 0 Å². The molecule has 5 aliphatic heterocycles. The standard InChI is InChI=1S/C27H31N3O5S.C26H27F3N2O4S/c31-20(3-1-2-18-4-6-19(7-5-18)29-12-14-35-15-13-29)8-10-24-21-16-30(27(34)22(21)17-36-24)23-9-11-25(32)28-26(23)33;1-25(2,3)15-6-4-14(5-7-15)22(26(27,28)29)19(32)9-10-20-16-12-31(24(35)17(16)13-36-20)18-8-11-21(33)30-23(18)34/h4-7,17,23H,1-3,8-16H2,(H,28,32,33);4-7,13,18,22H,8-12H2,1-3H3,(H,30,33,34). The molecule has 0 saturated carbocycles. The van der Waals surface area contributed by atoms with Crippen molar-refractivity contribution in [1.82, 2.24) is 20.4 Å². The molecular weight excluding hydrogens is 972 g/mol. The van der Waals surface area contributed by atoms with Crippen molar-refractivity contribution in [2.24, 2.45) is 0 Å². The minimum atomic E-state index is -4.73. The highest BCUT2D eigenvalue weighted by Crippen LogP contribution is 2.40. The van der Waals surface area contributed by atoms with E-state index < -0.39 is 41.8 Å².